The van der Waals surface area contributed by atoms with Crippen molar-refractivity contribution in [1.82, 2.24) is 4.72 Å². The molecule has 0 spiro atoms. The van der Waals surface area contributed by atoms with Crippen molar-refractivity contribution in [1.29, 1.82) is 0 Å². The third-order valence-corrected chi connectivity index (χ3v) is 6.16. The Balaban J connectivity index is 1.83. The first-order chi connectivity index (χ1) is 13.1. The number of rotatable bonds is 6. The summed E-state index contributed by atoms with van der Waals surface area (Å²) in [7, 11) is -2.34. The molecule has 0 radical (unpaired) electrons. The van der Waals surface area contributed by atoms with Crippen LogP contribution in [0.4, 0.5) is 5.69 Å². The van der Waals surface area contributed by atoms with Crippen molar-refractivity contribution in [3.63, 3.8) is 0 Å². The number of sulfonamides is 1. The van der Waals surface area contributed by atoms with Gasteiger partial charge in [0, 0.05) is 17.3 Å². The zero-order chi connectivity index (χ0) is 20.5. The molecule has 1 amide bonds. The lowest BCUT2D eigenvalue weighted by Crippen LogP contribution is -2.26. The van der Waals surface area contributed by atoms with Gasteiger partial charge in [0.25, 0.3) is 5.91 Å². The fraction of sp³-hybridized carbons (Fsp3) is 0.381. The highest BCUT2D eigenvalue weighted by Gasteiger charge is 2.30. The Morgan fingerprint density at radius 2 is 1.71 bits per heavy atom. The van der Waals surface area contributed by atoms with E-state index in [1.807, 2.05) is 24.3 Å². The summed E-state index contributed by atoms with van der Waals surface area (Å²) < 4.78 is 33.0. The number of amides is 1. The van der Waals surface area contributed by atoms with Crippen LogP contribution in [-0.4, -0.2) is 27.5 Å². The third kappa shape index (κ3) is 4.72. The number of carbonyl (C=O) groups is 1. The zero-order valence-corrected chi connectivity index (χ0v) is 17.4. The van der Waals surface area contributed by atoms with Gasteiger partial charge >= 0.3 is 0 Å². The summed E-state index contributed by atoms with van der Waals surface area (Å²) in [6, 6.07) is 12.0. The van der Waals surface area contributed by atoms with E-state index in [0.717, 1.165) is 18.4 Å². The van der Waals surface area contributed by atoms with E-state index < -0.39 is 10.0 Å². The topological polar surface area (TPSA) is 84.5 Å². The normalized spacial score (nSPS) is 14.6. The van der Waals surface area contributed by atoms with E-state index in [1.165, 1.54) is 19.2 Å². The van der Waals surface area contributed by atoms with E-state index in [-0.39, 0.29) is 33.6 Å². The molecule has 2 aromatic rings. The molecule has 0 heterocycles. The van der Waals surface area contributed by atoms with Gasteiger partial charge in [0.15, 0.2) is 0 Å². The molecule has 6 nitrogen and oxygen atoms in total. The summed E-state index contributed by atoms with van der Waals surface area (Å²) in [5.41, 5.74) is 2.08. The van der Waals surface area contributed by atoms with Crippen LogP contribution in [0.25, 0.3) is 0 Å². The highest BCUT2D eigenvalue weighted by Crippen LogP contribution is 2.29. The minimum atomic E-state index is -3.75. The second-order valence-electron chi connectivity index (χ2n) is 8.04. The van der Waals surface area contributed by atoms with Gasteiger partial charge in [-0.25, -0.2) is 13.1 Å². The van der Waals surface area contributed by atoms with E-state index in [9.17, 15) is 13.2 Å². The molecule has 150 valence electrons. The van der Waals surface area contributed by atoms with E-state index >= 15 is 0 Å². The number of hydrogen-bond donors (Lipinski definition) is 2. The van der Waals surface area contributed by atoms with E-state index in [0.29, 0.717) is 5.69 Å². The molecular weight excluding hydrogens is 376 g/mol. The highest BCUT2D eigenvalue weighted by atomic mass is 32.2. The predicted molar refractivity (Wildman–Crippen MR) is 109 cm³/mol. The van der Waals surface area contributed by atoms with Crippen LogP contribution in [0.3, 0.4) is 0 Å². The van der Waals surface area contributed by atoms with Gasteiger partial charge in [-0.05, 0) is 54.2 Å². The molecule has 0 saturated heterocycles. The Bertz CT molecular complexity index is 972. The molecule has 1 aliphatic carbocycles. The number of anilines is 1. The number of benzene rings is 2. The standard InChI is InChI=1S/C21H26N2O4S/c1-21(2,3)15-6-8-16(9-7-15)22-20(24)14-5-12-18(27-4)19(13-14)28(25,26)23-17-10-11-17/h5-9,12-13,17,23H,10-11H2,1-4H3,(H,22,24). The number of carbonyl (C=O) groups excluding carboxylic acids is 1. The van der Waals surface area contributed by atoms with Crippen molar-refractivity contribution in [3.8, 4) is 5.75 Å². The van der Waals surface area contributed by atoms with Crippen LogP contribution in [0.5, 0.6) is 5.75 Å². The molecular formula is C21H26N2O4S. The smallest absolute Gasteiger partial charge is 0.255 e. The van der Waals surface area contributed by atoms with Gasteiger partial charge in [-0.15, -0.1) is 0 Å². The molecule has 3 rings (SSSR count). The average Bonchev–Trinajstić information content (AvgIpc) is 3.44. The molecule has 0 aromatic heterocycles. The molecule has 1 aliphatic rings. The summed E-state index contributed by atoms with van der Waals surface area (Å²) >= 11 is 0. The monoisotopic (exact) mass is 402 g/mol. The molecule has 7 heteroatoms. The van der Waals surface area contributed by atoms with Crippen LogP contribution < -0.4 is 14.8 Å². The first-order valence-electron chi connectivity index (χ1n) is 9.22. The van der Waals surface area contributed by atoms with E-state index in [1.54, 1.807) is 6.07 Å². The summed E-state index contributed by atoms with van der Waals surface area (Å²) in [6.07, 6.45) is 1.65. The summed E-state index contributed by atoms with van der Waals surface area (Å²) in [4.78, 5) is 12.6. The summed E-state index contributed by atoms with van der Waals surface area (Å²) in [5, 5.41) is 2.81. The molecule has 0 bridgehead atoms. The van der Waals surface area contributed by atoms with Crippen molar-refractivity contribution >= 4 is 21.6 Å². The maximum absolute atomic E-state index is 12.6. The van der Waals surface area contributed by atoms with Gasteiger partial charge in [0.1, 0.15) is 10.6 Å². The minimum absolute atomic E-state index is 0.0241. The van der Waals surface area contributed by atoms with Gasteiger partial charge in [0.05, 0.1) is 7.11 Å². The maximum atomic E-state index is 12.6. The Kier molecular flexibility index (Phi) is 5.50. The quantitative estimate of drug-likeness (QED) is 0.772. The first kappa shape index (κ1) is 20.4. The largest absolute Gasteiger partial charge is 0.495 e. The Hall–Kier alpha value is -2.38. The van der Waals surface area contributed by atoms with Crippen LogP contribution in [0.1, 0.15) is 49.5 Å². The number of methoxy groups -OCH3 is 1. The van der Waals surface area contributed by atoms with Crippen LogP contribution in [0.2, 0.25) is 0 Å². The van der Waals surface area contributed by atoms with Gasteiger partial charge < -0.3 is 10.1 Å². The van der Waals surface area contributed by atoms with E-state index in [4.69, 9.17) is 4.74 Å². The zero-order valence-electron chi connectivity index (χ0n) is 16.6. The lowest BCUT2D eigenvalue weighted by molar-refractivity contribution is 0.102. The highest BCUT2D eigenvalue weighted by molar-refractivity contribution is 7.89. The van der Waals surface area contributed by atoms with Crippen LogP contribution in [0, 0.1) is 0 Å². The van der Waals surface area contributed by atoms with Crippen molar-refractivity contribution < 1.29 is 17.9 Å². The third-order valence-electron chi connectivity index (χ3n) is 4.62. The molecule has 2 aromatic carbocycles. The van der Waals surface area contributed by atoms with Crippen LogP contribution in [-0.2, 0) is 15.4 Å². The van der Waals surface area contributed by atoms with E-state index in [2.05, 4.69) is 30.8 Å². The summed E-state index contributed by atoms with van der Waals surface area (Å²) in [5.74, 6) is -0.173. The fourth-order valence-electron chi connectivity index (χ4n) is 2.77. The average molecular weight is 403 g/mol. The Morgan fingerprint density at radius 1 is 1.07 bits per heavy atom. The van der Waals surface area contributed by atoms with Crippen molar-refractivity contribution in [2.45, 2.75) is 50.0 Å². The number of hydrogen-bond acceptors (Lipinski definition) is 4. The molecule has 0 atom stereocenters. The maximum Gasteiger partial charge on any atom is 0.255 e. The second kappa shape index (κ2) is 7.56. The van der Waals surface area contributed by atoms with Gasteiger partial charge in [-0.1, -0.05) is 32.9 Å². The molecule has 0 unspecified atom stereocenters. The predicted octanol–water partition coefficient (Wildman–Crippen LogP) is 3.69. The number of nitrogens with one attached hydrogen (secondary N) is 2. The molecule has 1 saturated carbocycles. The number of ether oxygens (including phenoxy) is 1. The lowest BCUT2D eigenvalue weighted by atomic mass is 9.87. The Labute approximate surface area is 166 Å². The minimum Gasteiger partial charge on any atom is -0.495 e. The second-order valence-corrected chi connectivity index (χ2v) is 9.73. The molecule has 28 heavy (non-hydrogen) atoms. The fourth-order valence-corrected chi connectivity index (χ4v) is 4.27. The van der Waals surface area contributed by atoms with Crippen LogP contribution in [0.15, 0.2) is 47.4 Å². The molecule has 0 aliphatic heterocycles. The Morgan fingerprint density at radius 3 is 2.25 bits per heavy atom. The van der Waals surface area contributed by atoms with Crippen LogP contribution >= 0.6 is 0 Å². The van der Waals surface area contributed by atoms with Crippen molar-refractivity contribution in [3.05, 3.63) is 53.6 Å². The van der Waals surface area contributed by atoms with Crippen molar-refractivity contribution in [2.24, 2.45) is 0 Å². The summed E-state index contributed by atoms with van der Waals surface area (Å²) in [6.45, 7) is 6.36. The van der Waals surface area contributed by atoms with Gasteiger partial charge in [-0.3, -0.25) is 4.79 Å². The van der Waals surface area contributed by atoms with Gasteiger partial charge in [-0.2, -0.15) is 0 Å². The molecule has 1 fully saturated rings. The SMILES string of the molecule is COc1ccc(C(=O)Nc2ccc(C(C)(C)C)cc2)cc1S(=O)(=O)NC1CC1. The van der Waals surface area contributed by atoms with Crippen molar-refractivity contribution in [2.75, 3.05) is 12.4 Å². The lowest BCUT2D eigenvalue weighted by Gasteiger charge is -2.19. The first-order valence-corrected chi connectivity index (χ1v) is 10.7. The van der Waals surface area contributed by atoms with Gasteiger partial charge in [0.2, 0.25) is 10.0 Å². The molecule has 2 N–H and O–H groups in total.